The Hall–Kier alpha value is -4.61. The Kier molecular flexibility index (Phi) is 8.68. The zero-order valence-corrected chi connectivity index (χ0v) is 24.1. The maximum Gasteiger partial charge on any atom is 0.416 e. The number of anilines is 3. The predicted molar refractivity (Wildman–Crippen MR) is 155 cm³/mol. The molecular weight excluding hydrogens is 588 g/mol. The van der Waals surface area contributed by atoms with Crippen molar-refractivity contribution in [1.82, 2.24) is 4.90 Å². The Labute approximate surface area is 249 Å². The van der Waals surface area contributed by atoms with E-state index in [1.54, 1.807) is 27.8 Å². The van der Waals surface area contributed by atoms with E-state index >= 15 is 0 Å². The molecule has 12 heteroatoms. The van der Waals surface area contributed by atoms with Crippen LogP contribution in [0.5, 0.6) is 0 Å². The molecule has 44 heavy (non-hydrogen) atoms. The molecule has 2 N–H and O–H groups in total. The number of hydrogen-bond acceptors (Lipinski definition) is 5. The van der Waals surface area contributed by atoms with Gasteiger partial charge < -0.3 is 15.5 Å². The summed E-state index contributed by atoms with van der Waals surface area (Å²) >= 11 is 0. The van der Waals surface area contributed by atoms with Gasteiger partial charge in [0.1, 0.15) is 17.4 Å². The normalized spacial score (nSPS) is 13.2. The van der Waals surface area contributed by atoms with E-state index in [4.69, 9.17) is 0 Å². The van der Waals surface area contributed by atoms with Crippen LogP contribution in [-0.4, -0.2) is 23.9 Å². The second-order valence-corrected chi connectivity index (χ2v) is 11.4. The van der Waals surface area contributed by atoms with E-state index in [0.29, 0.717) is 12.1 Å². The zero-order valence-electron chi connectivity index (χ0n) is 24.1. The average Bonchev–Trinajstić information content (AvgIpc) is 2.95. The van der Waals surface area contributed by atoms with Crippen molar-refractivity contribution in [2.75, 3.05) is 17.7 Å². The van der Waals surface area contributed by atoms with E-state index in [0.717, 1.165) is 11.1 Å². The van der Waals surface area contributed by atoms with Gasteiger partial charge in [-0.15, -0.1) is 0 Å². The van der Waals surface area contributed by atoms with Crippen molar-refractivity contribution in [2.45, 2.75) is 45.2 Å². The Balaban J connectivity index is 1.71. The summed E-state index contributed by atoms with van der Waals surface area (Å²) < 4.78 is 80.3. The third kappa shape index (κ3) is 6.79. The van der Waals surface area contributed by atoms with Gasteiger partial charge in [0.25, 0.3) is 10.9 Å². The standard InChI is InChI=1S/C32H29F6N3O3/c1-30(2,3)28(29(44)41(4)25(18-11-7-5-8-12-18)19-13-9-6-10-14-19)40-24-23(26(42)27(24)43)39-22-16-20(31(33,34)35)15-21(17-22)32(36,37)38/h5-17,25,28,39-40H,1-4H3/t28-/m1/s1. The molecule has 0 radical (unpaired) electrons. The van der Waals surface area contributed by atoms with Gasteiger partial charge in [-0.3, -0.25) is 14.4 Å². The highest BCUT2D eigenvalue weighted by molar-refractivity contribution is 5.89. The molecule has 4 aromatic carbocycles. The highest BCUT2D eigenvalue weighted by Gasteiger charge is 2.40. The number of likely N-dealkylation sites (N-methyl/N-ethyl adjacent to an activating group) is 1. The molecule has 1 atom stereocenters. The Morgan fingerprint density at radius 1 is 0.705 bits per heavy atom. The minimum Gasteiger partial charge on any atom is -0.368 e. The molecule has 0 aliphatic carbocycles. The fraction of sp³-hybridized carbons (Fsp3) is 0.281. The summed E-state index contributed by atoms with van der Waals surface area (Å²) in [6.07, 6.45) is -10.2. The molecule has 4 rings (SSSR count). The number of carbonyl (C=O) groups excluding carboxylic acids is 1. The number of alkyl halides is 6. The lowest BCUT2D eigenvalue weighted by atomic mass is 9.84. The Morgan fingerprint density at radius 3 is 1.55 bits per heavy atom. The number of nitrogens with zero attached hydrogens (tertiary/aromatic N) is 1. The van der Waals surface area contributed by atoms with E-state index in [9.17, 15) is 40.7 Å². The molecule has 232 valence electrons. The third-order valence-electron chi connectivity index (χ3n) is 7.13. The van der Waals surface area contributed by atoms with Crippen molar-refractivity contribution < 1.29 is 31.1 Å². The molecule has 0 heterocycles. The second kappa shape index (κ2) is 11.8. The number of hydrogen-bond donors (Lipinski definition) is 2. The first-order chi connectivity index (χ1) is 20.4. The number of rotatable bonds is 8. The van der Waals surface area contributed by atoms with E-state index in [2.05, 4.69) is 10.6 Å². The summed E-state index contributed by atoms with van der Waals surface area (Å²) in [4.78, 5) is 40.7. The first-order valence-electron chi connectivity index (χ1n) is 13.4. The van der Waals surface area contributed by atoms with Crippen LogP contribution in [0, 0.1) is 5.41 Å². The van der Waals surface area contributed by atoms with Crippen LogP contribution in [-0.2, 0) is 17.1 Å². The summed E-state index contributed by atoms with van der Waals surface area (Å²) in [6, 6.07) is 17.4. The molecule has 0 bridgehead atoms. The molecule has 1 amide bonds. The first-order valence-corrected chi connectivity index (χ1v) is 13.4. The number of amides is 1. The maximum absolute atomic E-state index is 14.1. The predicted octanol–water partition coefficient (Wildman–Crippen LogP) is 7.14. The lowest BCUT2D eigenvalue weighted by Crippen LogP contribution is -2.51. The number of halogens is 6. The molecular formula is C32H29F6N3O3. The minimum absolute atomic E-state index is 0.0491. The van der Waals surface area contributed by atoms with Crippen LogP contribution in [0.2, 0.25) is 0 Å². The molecule has 0 saturated carbocycles. The first kappa shape index (κ1) is 32.3. The van der Waals surface area contributed by atoms with Crippen molar-refractivity contribution in [3.05, 3.63) is 122 Å². The molecule has 0 saturated heterocycles. The molecule has 0 spiro atoms. The van der Waals surface area contributed by atoms with Crippen molar-refractivity contribution >= 4 is 23.0 Å². The van der Waals surface area contributed by atoms with E-state index in [1.165, 1.54) is 4.90 Å². The molecule has 0 aromatic heterocycles. The SMILES string of the molecule is CN(C(=O)[C@@H](Nc1c(Nc2cc(C(F)(F)F)cc(C(F)(F)F)c2)c(=O)c1=O)C(C)(C)C)C(c1ccccc1)c1ccccc1. The van der Waals surface area contributed by atoms with E-state index in [-0.39, 0.29) is 6.07 Å². The van der Waals surface area contributed by atoms with Gasteiger partial charge in [0, 0.05) is 12.7 Å². The van der Waals surface area contributed by atoms with Gasteiger partial charge >= 0.3 is 12.4 Å². The smallest absolute Gasteiger partial charge is 0.368 e. The van der Waals surface area contributed by atoms with Crippen molar-refractivity contribution in [2.24, 2.45) is 5.41 Å². The van der Waals surface area contributed by atoms with Crippen molar-refractivity contribution in [3.8, 4) is 0 Å². The number of nitrogens with one attached hydrogen (secondary N) is 2. The van der Waals surface area contributed by atoms with Crippen LogP contribution in [0.15, 0.2) is 88.5 Å². The number of carbonyl (C=O) groups is 1. The average molecular weight is 618 g/mol. The fourth-order valence-corrected chi connectivity index (χ4v) is 4.85. The maximum atomic E-state index is 14.1. The minimum atomic E-state index is -5.12. The van der Waals surface area contributed by atoms with Gasteiger partial charge in [-0.1, -0.05) is 81.4 Å². The summed E-state index contributed by atoms with van der Waals surface area (Å²) in [7, 11) is 1.58. The molecule has 0 unspecified atom stereocenters. The fourth-order valence-electron chi connectivity index (χ4n) is 4.85. The Bertz CT molecular complexity index is 1630. The van der Waals surface area contributed by atoms with Crippen LogP contribution in [0.25, 0.3) is 0 Å². The highest BCUT2D eigenvalue weighted by Crippen LogP contribution is 2.39. The van der Waals surface area contributed by atoms with Gasteiger partial charge in [0.2, 0.25) is 5.91 Å². The third-order valence-corrected chi connectivity index (χ3v) is 7.13. The van der Waals surface area contributed by atoms with E-state index < -0.39 is 74.8 Å². The van der Waals surface area contributed by atoms with Gasteiger partial charge in [0.05, 0.1) is 17.2 Å². The van der Waals surface area contributed by atoms with Gasteiger partial charge in [-0.05, 0) is 34.7 Å². The lowest BCUT2D eigenvalue weighted by Gasteiger charge is -2.38. The summed E-state index contributed by atoms with van der Waals surface area (Å²) in [5.74, 6) is -0.479. The summed E-state index contributed by atoms with van der Waals surface area (Å²) in [5.41, 5.74) is -6.37. The monoisotopic (exact) mass is 617 g/mol. The largest absolute Gasteiger partial charge is 0.416 e. The Morgan fingerprint density at radius 2 is 1.14 bits per heavy atom. The molecule has 0 aliphatic rings. The second-order valence-electron chi connectivity index (χ2n) is 11.4. The van der Waals surface area contributed by atoms with Crippen molar-refractivity contribution in [3.63, 3.8) is 0 Å². The van der Waals surface area contributed by atoms with Crippen LogP contribution >= 0.6 is 0 Å². The van der Waals surface area contributed by atoms with E-state index in [1.807, 2.05) is 60.7 Å². The van der Waals surface area contributed by atoms with Crippen LogP contribution in [0.1, 0.15) is 49.1 Å². The molecule has 0 aliphatic heterocycles. The van der Waals surface area contributed by atoms with Crippen LogP contribution in [0.4, 0.5) is 43.4 Å². The topological polar surface area (TPSA) is 78.5 Å². The molecule has 4 aromatic rings. The van der Waals surface area contributed by atoms with Gasteiger partial charge in [-0.2, -0.15) is 26.3 Å². The zero-order chi connectivity index (χ0) is 32.6. The molecule has 6 nitrogen and oxygen atoms in total. The van der Waals surface area contributed by atoms with Crippen LogP contribution < -0.4 is 21.5 Å². The van der Waals surface area contributed by atoms with Gasteiger partial charge in [0.15, 0.2) is 0 Å². The van der Waals surface area contributed by atoms with Gasteiger partial charge in [-0.25, -0.2) is 0 Å². The van der Waals surface area contributed by atoms with Crippen LogP contribution in [0.3, 0.4) is 0 Å². The lowest BCUT2D eigenvalue weighted by molar-refractivity contribution is -0.143. The highest BCUT2D eigenvalue weighted by atomic mass is 19.4. The quantitative estimate of drug-likeness (QED) is 0.162. The number of benzene rings is 3. The molecule has 0 fully saturated rings. The summed E-state index contributed by atoms with van der Waals surface area (Å²) in [5, 5.41) is 5.04. The van der Waals surface area contributed by atoms with Crippen molar-refractivity contribution in [1.29, 1.82) is 0 Å². The summed E-state index contributed by atoms with van der Waals surface area (Å²) in [6.45, 7) is 5.12.